The first-order valence-electron chi connectivity index (χ1n) is 4.30. The van der Waals surface area contributed by atoms with E-state index in [0.29, 0.717) is 5.15 Å². The van der Waals surface area contributed by atoms with Gasteiger partial charge in [-0.2, -0.15) is 0 Å². The summed E-state index contributed by atoms with van der Waals surface area (Å²) >= 11 is 7.28. The second-order valence-electron chi connectivity index (χ2n) is 3.12. The Morgan fingerprint density at radius 2 is 2.62 bits per heavy atom. The van der Waals surface area contributed by atoms with Crippen molar-refractivity contribution in [3.05, 3.63) is 10.5 Å². The van der Waals surface area contributed by atoms with E-state index in [4.69, 9.17) is 16.7 Å². The van der Waals surface area contributed by atoms with E-state index in [2.05, 4.69) is 9.88 Å². The van der Waals surface area contributed by atoms with Gasteiger partial charge >= 0.3 is 0 Å². The topological polar surface area (TPSA) is 36.4 Å². The standard InChI is InChI=1S/C8H11ClN2OS/c9-7-5-13-8(10-7)11-3-1-2-6(11)4-12/h5-6,12H,1-4H2. The van der Waals surface area contributed by atoms with Crippen LogP contribution in [0, 0.1) is 0 Å². The van der Waals surface area contributed by atoms with Gasteiger partial charge in [-0.05, 0) is 12.8 Å². The van der Waals surface area contributed by atoms with E-state index in [0.717, 1.165) is 24.5 Å². The molecular formula is C8H11ClN2OS. The maximum atomic E-state index is 9.11. The highest BCUT2D eigenvalue weighted by Gasteiger charge is 2.25. The van der Waals surface area contributed by atoms with Crippen LogP contribution < -0.4 is 4.90 Å². The number of hydrogen-bond acceptors (Lipinski definition) is 4. The molecule has 3 nitrogen and oxygen atoms in total. The van der Waals surface area contributed by atoms with Crippen molar-refractivity contribution in [2.75, 3.05) is 18.1 Å². The molecule has 2 heterocycles. The number of anilines is 1. The van der Waals surface area contributed by atoms with Crippen LogP contribution in [0.3, 0.4) is 0 Å². The average molecular weight is 219 g/mol. The third-order valence-electron chi connectivity index (χ3n) is 2.30. The van der Waals surface area contributed by atoms with Gasteiger partial charge in [0.25, 0.3) is 0 Å². The maximum Gasteiger partial charge on any atom is 0.187 e. The summed E-state index contributed by atoms with van der Waals surface area (Å²) in [7, 11) is 0. The number of aliphatic hydroxyl groups is 1. The second kappa shape index (κ2) is 3.82. The molecule has 0 bridgehead atoms. The molecule has 72 valence electrons. The Bertz CT molecular complexity index is 291. The summed E-state index contributed by atoms with van der Waals surface area (Å²) in [6, 6.07) is 0.238. The maximum absolute atomic E-state index is 9.11. The molecule has 1 N–H and O–H groups in total. The number of thiazole rings is 1. The van der Waals surface area contributed by atoms with Crippen LogP contribution in [-0.2, 0) is 0 Å². The van der Waals surface area contributed by atoms with Gasteiger partial charge in [0.1, 0.15) is 5.15 Å². The summed E-state index contributed by atoms with van der Waals surface area (Å²) in [5.41, 5.74) is 0. The average Bonchev–Trinajstić information content (AvgIpc) is 2.71. The van der Waals surface area contributed by atoms with Gasteiger partial charge in [0.05, 0.1) is 12.6 Å². The second-order valence-corrected chi connectivity index (χ2v) is 4.35. The molecule has 5 heteroatoms. The number of aromatic nitrogens is 1. The van der Waals surface area contributed by atoms with Crippen LogP contribution in [0.1, 0.15) is 12.8 Å². The van der Waals surface area contributed by atoms with Gasteiger partial charge in [-0.1, -0.05) is 11.6 Å². The SMILES string of the molecule is OCC1CCCN1c1nc(Cl)cs1. The first kappa shape index (κ1) is 9.24. The smallest absolute Gasteiger partial charge is 0.187 e. The molecule has 1 saturated heterocycles. The van der Waals surface area contributed by atoms with Crippen molar-refractivity contribution >= 4 is 28.1 Å². The van der Waals surface area contributed by atoms with Gasteiger partial charge in [-0.25, -0.2) is 4.98 Å². The third-order valence-corrected chi connectivity index (χ3v) is 3.50. The van der Waals surface area contributed by atoms with Gasteiger partial charge in [-0.15, -0.1) is 11.3 Å². The quantitative estimate of drug-likeness (QED) is 0.822. The fraction of sp³-hybridized carbons (Fsp3) is 0.625. The van der Waals surface area contributed by atoms with Crippen LogP contribution >= 0.6 is 22.9 Å². The molecule has 1 aromatic rings. The minimum absolute atomic E-state index is 0.206. The van der Waals surface area contributed by atoms with Crippen LogP contribution in [0.5, 0.6) is 0 Å². The third kappa shape index (κ3) is 1.80. The van der Waals surface area contributed by atoms with Crippen molar-refractivity contribution < 1.29 is 5.11 Å². The lowest BCUT2D eigenvalue weighted by Crippen LogP contribution is -2.31. The summed E-state index contributed by atoms with van der Waals surface area (Å²) in [5.74, 6) is 0. The molecule has 0 radical (unpaired) electrons. The van der Waals surface area contributed by atoms with E-state index < -0.39 is 0 Å². The lowest BCUT2D eigenvalue weighted by Gasteiger charge is -2.21. The fourth-order valence-electron chi connectivity index (χ4n) is 1.65. The molecule has 0 spiro atoms. The Kier molecular flexibility index (Phi) is 2.71. The molecule has 0 saturated carbocycles. The number of hydrogen-bond donors (Lipinski definition) is 1. The Morgan fingerprint density at radius 3 is 3.23 bits per heavy atom. The van der Waals surface area contributed by atoms with Crippen molar-refractivity contribution in [2.45, 2.75) is 18.9 Å². The molecule has 0 aromatic carbocycles. The molecule has 13 heavy (non-hydrogen) atoms. The highest BCUT2D eigenvalue weighted by atomic mass is 35.5. The lowest BCUT2D eigenvalue weighted by atomic mass is 10.2. The number of rotatable bonds is 2. The largest absolute Gasteiger partial charge is 0.394 e. The van der Waals surface area contributed by atoms with Crippen molar-refractivity contribution in [2.24, 2.45) is 0 Å². The Labute approximate surface area is 86.0 Å². The molecule has 1 unspecified atom stereocenters. The summed E-state index contributed by atoms with van der Waals surface area (Å²) < 4.78 is 0. The summed E-state index contributed by atoms with van der Waals surface area (Å²) in [4.78, 5) is 6.33. The molecule has 1 fully saturated rings. The van der Waals surface area contributed by atoms with E-state index in [1.165, 1.54) is 11.3 Å². The molecular weight excluding hydrogens is 208 g/mol. The van der Waals surface area contributed by atoms with Gasteiger partial charge in [0.2, 0.25) is 0 Å². The van der Waals surface area contributed by atoms with Gasteiger partial charge in [-0.3, -0.25) is 0 Å². The minimum Gasteiger partial charge on any atom is -0.394 e. The highest BCUT2D eigenvalue weighted by Crippen LogP contribution is 2.29. The molecule has 1 aromatic heterocycles. The van der Waals surface area contributed by atoms with E-state index in [9.17, 15) is 0 Å². The monoisotopic (exact) mass is 218 g/mol. The van der Waals surface area contributed by atoms with Crippen molar-refractivity contribution in [3.63, 3.8) is 0 Å². The van der Waals surface area contributed by atoms with E-state index in [1.807, 2.05) is 5.38 Å². The van der Waals surface area contributed by atoms with Crippen LogP contribution in [0.25, 0.3) is 0 Å². The van der Waals surface area contributed by atoms with Crippen molar-refractivity contribution in [1.29, 1.82) is 0 Å². The predicted molar refractivity (Wildman–Crippen MR) is 54.6 cm³/mol. The van der Waals surface area contributed by atoms with Crippen molar-refractivity contribution in [3.8, 4) is 0 Å². The first-order valence-corrected chi connectivity index (χ1v) is 5.55. The zero-order valence-corrected chi connectivity index (χ0v) is 8.68. The molecule has 1 aliphatic heterocycles. The van der Waals surface area contributed by atoms with Crippen LogP contribution in [0.2, 0.25) is 5.15 Å². The molecule has 0 amide bonds. The highest BCUT2D eigenvalue weighted by molar-refractivity contribution is 7.14. The fourth-order valence-corrected chi connectivity index (χ4v) is 2.70. The molecule has 1 atom stereocenters. The molecule has 1 aliphatic rings. The molecule has 2 rings (SSSR count). The van der Waals surface area contributed by atoms with Crippen molar-refractivity contribution in [1.82, 2.24) is 4.98 Å². The van der Waals surface area contributed by atoms with Crippen LogP contribution in [-0.4, -0.2) is 29.3 Å². The van der Waals surface area contributed by atoms with Gasteiger partial charge in [0.15, 0.2) is 5.13 Å². The normalized spacial score (nSPS) is 22.6. The minimum atomic E-state index is 0.206. The number of aliphatic hydroxyl groups excluding tert-OH is 1. The Balaban J connectivity index is 2.15. The summed E-state index contributed by atoms with van der Waals surface area (Å²) in [5, 5.41) is 12.4. The van der Waals surface area contributed by atoms with Crippen LogP contribution in [0.4, 0.5) is 5.13 Å². The summed E-state index contributed by atoms with van der Waals surface area (Å²) in [6.07, 6.45) is 2.18. The number of nitrogens with zero attached hydrogens (tertiary/aromatic N) is 2. The zero-order valence-electron chi connectivity index (χ0n) is 7.11. The summed E-state index contributed by atoms with van der Waals surface area (Å²) in [6.45, 7) is 1.19. The van der Waals surface area contributed by atoms with E-state index in [-0.39, 0.29) is 12.6 Å². The molecule has 0 aliphatic carbocycles. The number of halogens is 1. The van der Waals surface area contributed by atoms with Gasteiger partial charge < -0.3 is 10.0 Å². The van der Waals surface area contributed by atoms with Gasteiger partial charge in [0, 0.05) is 11.9 Å². The zero-order chi connectivity index (χ0) is 9.26. The predicted octanol–water partition coefficient (Wildman–Crippen LogP) is 1.76. The Morgan fingerprint density at radius 1 is 1.77 bits per heavy atom. The lowest BCUT2D eigenvalue weighted by molar-refractivity contribution is 0.266. The first-order chi connectivity index (χ1) is 6.31. The van der Waals surface area contributed by atoms with Crippen LogP contribution in [0.15, 0.2) is 5.38 Å². The van der Waals surface area contributed by atoms with E-state index in [1.54, 1.807) is 0 Å². The van der Waals surface area contributed by atoms with E-state index >= 15 is 0 Å². The Hall–Kier alpha value is -0.320.